The van der Waals surface area contributed by atoms with Crippen molar-refractivity contribution in [2.24, 2.45) is 0 Å². The number of carbonyl (C=O) groups excluding carboxylic acids is 1. The zero-order chi connectivity index (χ0) is 12.8. The maximum absolute atomic E-state index is 10.5. The third-order valence-corrected chi connectivity index (χ3v) is 2.12. The van der Waals surface area contributed by atoms with Crippen molar-refractivity contribution in [3.63, 3.8) is 0 Å². The number of hydrogen-bond acceptors (Lipinski definition) is 4. The monoisotopic (exact) mass is 235 g/mol. The molecule has 4 nitrogen and oxygen atoms in total. The summed E-state index contributed by atoms with van der Waals surface area (Å²) in [5, 5.41) is 0. The second-order valence-electron chi connectivity index (χ2n) is 3.89. The molecule has 0 spiro atoms. The molecule has 92 valence electrons. The van der Waals surface area contributed by atoms with Crippen LogP contribution in [0.15, 0.2) is 18.2 Å². The molecule has 0 radical (unpaired) electrons. The number of ether oxygens (including phenoxy) is 2. The molecule has 17 heavy (non-hydrogen) atoms. The molecule has 0 saturated heterocycles. The largest absolute Gasteiger partial charge is 0.481 e. The van der Waals surface area contributed by atoms with Gasteiger partial charge in [-0.25, -0.2) is 0 Å². The van der Waals surface area contributed by atoms with Crippen molar-refractivity contribution in [3.8, 4) is 11.8 Å². The number of allylic oxidation sites excluding steroid dienone is 2. The average molecular weight is 235 g/mol. The van der Waals surface area contributed by atoms with Crippen LogP contribution in [0.4, 0.5) is 0 Å². The van der Waals surface area contributed by atoms with E-state index >= 15 is 0 Å². The summed E-state index contributed by atoms with van der Waals surface area (Å²) in [6.07, 6.45) is 2.29. The molecule has 0 fully saturated rings. The van der Waals surface area contributed by atoms with Crippen LogP contribution in [-0.4, -0.2) is 24.5 Å². The molecule has 0 unspecified atom stereocenters. The van der Waals surface area contributed by atoms with Gasteiger partial charge in [0.25, 0.3) is 0 Å². The van der Waals surface area contributed by atoms with Crippen molar-refractivity contribution >= 4 is 11.9 Å². The molecule has 0 N–H and O–H groups in total. The molecule has 0 aliphatic heterocycles. The lowest BCUT2D eigenvalue weighted by Gasteiger charge is -2.11. The maximum Gasteiger partial charge on any atom is 0.217 e. The van der Waals surface area contributed by atoms with E-state index in [1.165, 1.54) is 6.08 Å². The molecule has 4 heteroatoms. The number of carbonyl (C=O) groups is 1. The number of aromatic nitrogens is 1. The van der Waals surface area contributed by atoms with E-state index in [1.54, 1.807) is 19.2 Å². The fourth-order valence-electron chi connectivity index (χ4n) is 1.31. The van der Waals surface area contributed by atoms with Gasteiger partial charge in [-0.15, -0.1) is 0 Å². The summed E-state index contributed by atoms with van der Waals surface area (Å²) in [6.45, 7) is 5.70. The molecule has 0 aliphatic rings. The summed E-state index contributed by atoms with van der Waals surface area (Å²) in [7, 11) is 1.55. The quantitative estimate of drug-likeness (QED) is 0.581. The van der Waals surface area contributed by atoms with Crippen LogP contribution in [0.5, 0.6) is 11.8 Å². The van der Waals surface area contributed by atoms with Crippen LogP contribution in [0.2, 0.25) is 0 Å². The number of pyridine rings is 1. The highest BCUT2D eigenvalue weighted by Crippen LogP contribution is 2.23. The number of hydrogen-bond donors (Lipinski definition) is 0. The highest BCUT2D eigenvalue weighted by molar-refractivity contribution is 5.81. The van der Waals surface area contributed by atoms with Gasteiger partial charge in [0.1, 0.15) is 6.29 Å². The summed E-state index contributed by atoms with van der Waals surface area (Å²) in [4.78, 5) is 14.6. The van der Waals surface area contributed by atoms with E-state index in [2.05, 4.69) is 4.98 Å². The zero-order valence-corrected chi connectivity index (χ0v) is 10.6. The summed E-state index contributed by atoms with van der Waals surface area (Å²) in [5.41, 5.74) is 1.70. The fourth-order valence-corrected chi connectivity index (χ4v) is 1.31. The van der Waals surface area contributed by atoms with Crippen molar-refractivity contribution in [1.29, 1.82) is 0 Å². The number of aldehydes is 1. The van der Waals surface area contributed by atoms with E-state index in [-0.39, 0.29) is 6.10 Å². The topological polar surface area (TPSA) is 48.4 Å². The highest BCUT2D eigenvalue weighted by Gasteiger charge is 2.06. The van der Waals surface area contributed by atoms with Gasteiger partial charge in [-0.1, -0.05) is 0 Å². The Morgan fingerprint density at radius 1 is 1.35 bits per heavy atom. The highest BCUT2D eigenvalue weighted by atomic mass is 16.5. The summed E-state index contributed by atoms with van der Waals surface area (Å²) >= 11 is 0. The van der Waals surface area contributed by atoms with E-state index in [9.17, 15) is 4.79 Å². The van der Waals surface area contributed by atoms with Gasteiger partial charge in [0, 0.05) is 12.1 Å². The Labute approximate surface area is 101 Å². The van der Waals surface area contributed by atoms with Crippen molar-refractivity contribution in [2.45, 2.75) is 26.9 Å². The SMILES string of the molecule is COc1cc(/C(C)=C/C=O)cc(OC(C)C)n1. The molecular weight excluding hydrogens is 218 g/mol. The standard InChI is InChI=1S/C13H17NO3/c1-9(2)17-13-8-11(10(3)5-6-15)7-12(14-13)16-4/h5-9H,1-4H3/b10-5+. The van der Waals surface area contributed by atoms with Crippen LogP contribution in [0, 0.1) is 0 Å². The number of rotatable bonds is 5. The first-order valence-corrected chi connectivity index (χ1v) is 5.42. The number of nitrogens with zero attached hydrogens (tertiary/aromatic N) is 1. The zero-order valence-electron chi connectivity index (χ0n) is 10.6. The lowest BCUT2D eigenvalue weighted by molar-refractivity contribution is -0.104. The smallest absolute Gasteiger partial charge is 0.217 e. The third kappa shape index (κ3) is 3.90. The average Bonchev–Trinajstić information content (AvgIpc) is 2.28. The first-order valence-electron chi connectivity index (χ1n) is 5.42. The van der Waals surface area contributed by atoms with Gasteiger partial charge in [0.2, 0.25) is 11.8 Å². The van der Waals surface area contributed by atoms with Gasteiger partial charge in [-0.2, -0.15) is 4.98 Å². The molecule has 1 heterocycles. The Morgan fingerprint density at radius 3 is 2.53 bits per heavy atom. The van der Waals surface area contributed by atoms with Crippen LogP contribution >= 0.6 is 0 Å². The lowest BCUT2D eigenvalue weighted by Crippen LogP contribution is -2.07. The predicted octanol–water partition coefficient (Wildman–Crippen LogP) is 2.48. The molecule has 0 aromatic carbocycles. The molecule has 0 amide bonds. The minimum Gasteiger partial charge on any atom is -0.481 e. The van der Waals surface area contributed by atoms with Crippen molar-refractivity contribution < 1.29 is 14.3 Å². The van der Waals surface area contributed by atoms with Crippen LogP contribution in [-0.2, 0) is 4.79 Å². The molecule has 0 saturated carbocycles. The summed E-state index contributed by atoms with van der Waals surface area (Å²) in [6, 6.07) is 3.56. The molecule has 0 aliphatic carbocycles. The lowest BCUT2D eigenvalue weighted by atomic mass is 10.1. The minimum absolute atomic E-state index is 0.0396. The van der Waals surface area contributed by atoms with E-state index in [0.29, 0.717) is 11.8 Å². The van der Waals surface area contributed by atoms with Crippen molar-refractivity contribution in [3.05, 3.63) is 23.8 Å². The van der Waals surface area contributed by atoms with Crippen LogP contribution in [0.1, 0.15) is 26.3 Å². The van der Waals surface area contributed by atoms with Crippen LogP contribution in [0.25, 0.3) is 5.57 Å². The van der Waals surface area contributed by atoms with Crippen LogP contribution < -0.4 is 9.47 Å². The maximum atomic E-state index is 10.5. The Kier molecular flexibility index (Phi) is 4.69. The number of methoxy groups -OCH3 is 1. The minimum atomic E-state index is 0.0396. The Bertz CT molecular complexity index is 425. The molecule has 1 aromatic heterocycles. The Morgan fingerprint density at radius 2 is 2.00 bits per heavy atom. The van der Waals surface area contributed by atoms with Crippen molar-refractivity contribution in [2.75, 3.05) is 7.11 Å². The van der Waals surface area contributed by atoms with Gasteiger partial charge in [0.15, 0.2) is 0 Å². The second kappa shape index (κ2) is 6.03. The summed E-state index contributed by atoms with van der Waals surface area (Å²) < 4.78 is 10.6. The van der Waals surface area contributed by atoms with E-state index in [1.807, 2.05) is 20.8 Å². The van der Waals surface area contributed by atoms with Gasteiger partial charge in [0.05, 0.1) is 13.2 Å². The van der Waals surface area contributed by atoms with E-state index < -0.39 is 0 Å². The molecule has 0 atom stereocenters. The molecule has 1 aromatic rings. The normalized spacial score (nSPS) is 11.5. The predicted molar refractivity (Wildman–Crippen MR) is 66.3 cm³/mol. The fraction of sp³-hybridized carbons (Fsp3) is 0.385. The Balaban J connectivity index is 3.13. The molecular formula is C13H17NO3. The first-order chi connectivity index (χ1) is 8.06. The van der Waals surface area contributed by atoms with Crippen molar-refractivity contribution in [1.82, 2.24) is 4.98 Å². The summed E-state index contributed by atoms with van der Waals surface area (Å²) in [5.74, 6) is 0.963. The third-order valence-electron chi connectivity index (χ3n) is 2.12. The van der Waals surface area contributed by atoms with Gasteiger partial charge in [-0.05, 0) is 38.0 Å². The van der Waals surface area contributed by atoms with Gasteiger partial charge >= 0.3 is 0 Å². The van der Waals surface area contributed by atoms with E-state index in [0.717, 1.165) is 17.4 Å². The van der Waals surface area contributed by atoms with Crippen LogP contribution in [0.3, 0.4) is 0 Å². The van der Waals surface area contributed by atoms with E-state index in [4.69, 9.17) is 9.47 Å². The molecule has 0 bridgehead atoms. The molecule has 1 rings (SSSR count). The second-order valence-corrected chi connectivity index (χ2v) is 3.89. The van der Waals surface area contributed by atoms with Gasteiger partial charge in [-0.3, -0.25) is 4.79 Å². The first kappa shape index (κ1) is 13.2. The Hall–Kier alpha value is -1.84. The van der Waals surface area contributed by atoms with Gasteiger partial charge < -0.3 is 9.47 Å².